The van der Waals surface area contributed by atoms with Crippen LogP contribution in [0.15, 0.2) is 58.8 Å². The lowest BCUT2D eigenvalue weighted by Gasteiger charge is -2.06. The fourth-order valence-corrected chi connectivity index (χ4v) is 2.99. The fourth-order valence-electron chi connectivity index (χ4n) is 2.99. The van der Waals surface area contributed by atoms with Gasteiger partial charge in [0.25, 0.3) is 5.91 Å². The molecule has 0 spiro atoms. The van der Waals surface area contributed by atoms with Crippen molar-refractivity contribution in [3.63, 3.8) is 0 Å². The van der Waals surface area contributed by atoms with E-state index in [4.69, 9.17) is 0 Å². The Morgan fingerprint density at radius 3 is 2.65 bits per heavy atom. The van der Waals surface area contributed by atoms with Crippen molar-refractivity contribution in [2.45, 2.75) is 13.8 Å². The predicted molar refractivity (Wildman–Crippen MR) is 100 cm³/mol. The molecular formula is C20H16N4O2. The molecule has 6 nitrogen and oxygen atoms in total. The Kier molecular flexibility index (Phi) is 3.73. The van der Waals surface area contributed by atoms with Gasteiger partial charge in [0.2, 0.25) is 0 Å². The number of aromatic amines is 1. The van der Waals surface area contributed by atoms with Gasteiger partial charge in [0, 0.05) is 16.3 Å². The van der Waals surface area contributed by atoms with Gasteiger partial charge in [0.15, 0.2) is 0 Å². The van der Waals surface area contributed by atoms with Crippen LogP contribution in [0, 0.1) is 13.8 Å². The number of rotatable bonds is 2. The molecule has 0 atom stereocenters. The third-order valence-corrected chi connectivity index (χ3v) is 4.28. The molecule has 2 N–H and O–H groups in total. The number of fused-ring (bicyclic) bond motifs is 2. The van der Waals surface area contributed by atoms with Crippen LogP contribution in [0.4, 0.5) is 5.69 Å². The summed E-state index contributed by atoms with van der Waals surface area (Å²) in [7, 11) is 0. The monoisotopic (exact) mass is 344 g/mol. The molecule has 4 rings (SSSR count). The van der Waals surface area contributed by atoms with Crippen molar-refractivity contribution in [1.29, 1.82) is 0 Å². The van der Waals surface area contributed by atoms with Crippen LogP contribution in [0.2, 0.25) is 0 Å². The van der Waals surface area contributed by atoms with Crippen molar-refractivity contribution in [3.05, 3.63) is 65.5 Å². The maximum absolute atomic E-state index is 12.4. The first-order chi connectivity index (χ1) is 12.5. The number of azo groups is 1. The number of carbonyl (C=O) groups is 1. The highest BCUT2D eigenvalue weighted by atomic mass is 16.3. The van der Waals surface area contributed by atoms with Crippen LogP contribution < -0.4 is 0 Å². The number of phenols is 1. The first-order valence-corrected chi connectivity index (χ1v) is 8.16. The van der Waals surface area contributed by atoms with E-state index in [1.807, 2.05) is 31.2 Å². The molecule has 0 saturated heterocycles. The Hall–Kier alpha value is -3.54. The average molecular weight is 344 g/mol. The van der Waals surface area contributed by atoms with Gasteiger partial charge in [-0.1, -0.05) is 24.3 Å². The second-order valence-electron chi connectivity index (χ2n) is 6.17. The summed E-state index contributed by atoms with van der Waals surface area (Å²) in [4.78, 5) is 19.8. The van der Waals surface area contributed by atoms with Crippen molar-refractivity contribution >= 4 is 33.4 Å². The summed E-state index contributed by atoms with van der Waals surface area (Å²) in [6, 6.07) is 14.2. The highest BCUT2D eigenvalue weighted by Gasteiger charge is 2.10. The number of phenolic OH excluding ortho intramolecular Hbond substituents is 1. The number of aromatic hydroxyl groups is 1. The Bertz CT molecular complexity index is 1190. The number of amides is 1. The number of H-pyrrole nitrogens is 1. The number of carbonyl (C=O) groups excluding carboxylic acids is 1. The number of aryl methyl sites for hydroxylation is 2. The molecule has 1 aromatic heterocycles. The smallest absolute Gasteiger partial charge is 0.295 e. The number of imidazole rings is 1. The van der Waals surface area contributed by atoms with E-state index < -0.39 is 5.91 Å². The molecule has 128 valence electrons. The molecule has 0 aliphatic heterocycles. The highest BCUT2D eigenvalue weighted by molar-refractivity contribution is 5.99. The molecule has 3 aromatic carbocycles. The number of benzene rings is 3. The molecule has 0 aliphatic carbocycles. The number of nitrogens with zero attached hydrogens (tertiary/aromatic N) is 3. The predicted octanol–water partition coefficient (Wildman–Crippen LogP) is 4.96. The Morgan fingerprint density at radius 1 is 1.08 bits per heavy atom. The molecule has 4 aromatic rings. The van der Waals surface area contributed by atoms with Gasteiger partial charge in [-0.05, 0) is 43.7 Å². The maximum atomic E-state index is 12.4. The van der Waals surface area contributed by atoms with Crippen molar-refractivity contribution in [2.75, 3.05) is 0 Å². The minimum absolute atomic E-state index is 0.214. The molecule has 0 aliphatic rings. The fraction of sp³-hybridized carbons (Fsp3) is 0.100. The minimum atomic E-state index is -0.436. The van der Waals surface area contributed by atoms with Gasteiger partial charge >= 0.3 is 0 Å². The summed E-state index contributed by atoms with van der Waals surface area (Å²) in [6.45, 7) is 3.65. The van der Waals surface area contributed by atoms with E-state index in [9.17, 15) is 9.90 Å². The topological polar surface area (TPSA) is 90.7 Å². The largest absolute Gasteiger partial charge is 0.507 e. The summed E-state index contributed by atoms with van der Waals surface area (Å²) in [5, 5.41) is 19.6. The zero-order chi connectivity index (χ0) is 18.3. The van der Waals surface area contributed by atoms with Gasteiger partial charge in [-0.2, -0.15) is 0 Å². The second-order valence-corrected chi connectivity index (χ2v) is 6.17. The highest BCUT2D eigenvalue weighted by Crippen LogP contribution is 2.35. The second kappa shape index (κ2) is 6.07. The number of hydrogen-bond acceptors (Lipinski definition) is 4. The Morgan fingerprint density at radius 2 is 1.85 bits per heavy atom. The van der Waals surface area contributed by atoms with Gasteiger partial charge in [-0.15, -0.1) is 10.2 Å². The standard InChI is InChI=1S/C20H16N4O2/c1-11-9-17(14-5-3-4-6-15(14)19(11)25)23-24-20(26)13-7-8-16-18(10-13)22-12(2)21-16/h3-10,25H,1-2H3,(H,21,22). The van der Waals surface area contributed by atoms with Crippen LogP contribution in [0.3, 0.4) is 0 Å². The van der Waals surface area contributed by atoms with Gasteiger partial charge in [-0.25, -0.2) is 4.98 Å². The molecule has 0 saturated carbocycles. The average Bonchev–Trinajstić information content (AvgIpc) is 3.02. The van der Waals surface area contributed by atoms with Crippen LogP contribution in [-0.2, 0) is 0 Å². The first kappa shape index (κ1) is 16.0. The summed E-state index contributed by atoms with van der Waals surface area (Å²) in [6.07, 6.45) is 0. The summed E-state index contributed by atoms with van der Waals surface area (Å²) < 4.78 is 0. The lowest BCUT2D eigenvalue weighted by atomic mass is 10.0. The molecular weight excluding hydrogens is 328 g/mol. The molecule has 1 amide bonds. The van der Waals surface area contributed by atoms with E-state index in [0.29, 0.717) is 22.2 Å². The molecule has 0 fully saturated rings. The van der Waals surface area contributed by atoms with Crippen LogP contribution >= 0.6 is 0 Å². The molecule has 6 heteroatoms. The third-order valence-electron chi connectivity index (χ3n) is 4.28. The van der Waals surface area contributed by atoms with E-state index in [0.717, 1.165) is 22.2 Å². The SMILES string of the molecule is Cc1nc2ccc(C(=O)N=Nc3cc(C)c(O)c4ccccc34)cc2[nH]1. The lowest BCUT2D eigenvalue weighted by Crippen LogP contribution is -1.93. The zero-order valence-electron chi connectivity index (χ0n) is 14.3. The van der Waals surface area contributed by atoms with Gasteiger partial charge < -0.3 is 10.1 Å². The zero-order valence-corrected chi connectivity index (χ0v) is 14.3. The first-order valence-electron chi connectivity index (χ1n) is 8.16. The number of aromatic nitrogens is 2. The van der Waals surface area contributed by atoms with Crippen LogP contribution in [-0.4, -0.2) is 21.0 Å². The normalized spacial score (nSPS) is 11.6. The van der Waals surface area contributed by atoms with Crippen molar-refractivity contribution in [3.8, 4) is 5.75 Å². The van der Waals surface area contributed by atoms with Crippen LogP contribution in [0.5, 0.6) is 5.75 Å². The quantitative estimate of drug-likeness (QED) is 0.503. The molecule has 0 radical (unpaired) electrons. The van der Waals surface area contributed by atoms with Crippen molar-refractivity contribution in [2.24, 2.45) is 10.2 Å². The maximum Gasteiger partial charge on any atom is 0.295 e. The number of hydrogen-bond donors (Lipinski definition) is 2. The summed E-state index contributed by atoms with van der Waals surface area (Å²) >= 11 is 0. The van der Waals surface area contributed by atoms with Crippen LogP contribution in [0.1, 0.15) is 21.7 Å². The molecule has 0 unspecified atom stereocenters. The molecule has 1 heterocycles. The summed E-state index contributed by atoms with van der Waals surface area (Å²) in [5.74, 6) is 0.567. The molecule has 26 heavy (non-hydrogen) atoms. The van der Waals surface area contributed by atoms with Gasteiger partial charge in [-0.3, -0.25) is 4.79 Å². The van der Waals surface area contributed by atoms with E-state index in [2.05, 4.69) is 20.2 Å². The minimum Gasteiger partial charge on any atom is -0.507 e. The van der Waals surface area contributed by atoms with Gasteiger partial charge in [0.1, 0.15) is 11.6 Å². The Balaban J connectivity index is 1.72. The van der Waals surface area contributed by atoms with E-state index in [-0.39, 0.29) is 5.75 Å². The Labute approximate surface area is 149 Å². The van der Waals surface area contributed by atoms with Crippen molar-refractivity contribution < 1.29 is 9.90 Å². The lowest BCUT2D eigenvalue weighted by molar-refractivity contribution is 0.0995. The van der Waals surface area contributed by atoms with E-state index >= 15 is 0 Å². The molecule has 0 bridgehead atoms. The third kappa shape index (κ3) is 2.71. The van der Waals surface area contributed by atoms with Gasteiger partial charge in [0.05, 0.1) is 16.7 Å². The van der Waals surface area contributed by atoms with E-state index in [1.165, 1.54) is 0 Å². The number of nitrogens with one attached hydrogen (secondary N) is 1. The van der Waals surface area contributed by atoms with Crippen molar-refractivity contribution in [1.82, 2.24) is 9.97 Å². The summed E-state index contributed by atoms with van der Waals surface area (Å²) in [5.41, 5.74) is 3.25. The van der Waals surface area contributed by atoms with Crippen LogP contribution in [0.25, 0.3) is 21.8 Å². The van der Waals surface area contributed by atoms with E-state index in [1.54, 1.807) is 31.2 Å².